The van der Waals surface area contributed by atoms with Crippen LogP contribution in [0.2, 0.25) is 0 Å². The van der Waals surface area contributed by atoms with E-state index in [0.29, 0.717) is 12.1 Å². The van der Waals surface area contributed by atoms with E-state index in [1.807, 2.05) is 0 Å². The highest BCUT2D eigenvalue weighted by Crippen LogP contribution is 2.30. The molecule has 2 nitrogen and oxygen atoms in total. The third-order valence-electron chi connectivity index (χ3n) is 3.81. The Morgan fingerprint density at radius 3 is 2.50 bits per heavy atom. The van der Waals surface area contributed by atoms with Gasteiger partial charge < -0.3 is 10.1 Å². The third-order valence-corrected chi connectivity index (χ3v) is 4.43. The van der Waals surface area contributed by atoms with E-state index >= 15 is 0 Å². The first kappa shape index (κ1) is 15.8. The number of ether oxygens (including phenoxy) is 1. The molecule has 0 unspecified atom stereocenters. The maximum Gasteiger partial charge on any atom is 0.133 e. The smallest absolute Gasteiger partial charge is 0.133 e. The fourth-order valence-corrected chi connectivity index (χ4v) is 3.13. The molecule has 0 saturated heterocycles. The highest BCUT2D eigenvalue weighted by Gasteiger charge is 2.15. The number of hydrogen-bond donors (Lipinski definition) is 1. The fraction of sp³-hybridized carbons (Fsp3) is 0.647. The lowest BCUT2D eigenvalue weighted by molar-refractivity contribution is 0.182. The zero-order valence-electron chi connectivity index (χ0n) is 12.6. The van der Waals surface area contributed by atoms with Gasteiger partial charge in [0, 0.05) is 12.6 Å². The number of nitrogens with one attached hydrogen (secondary N) is 1. The molecule has 0 aliphatic heterocycles. The molecule has 1 aliphatic rings. The van der Waals surface area contributed by atoms with E-state index in [2.05, 4.69) is 53.3 Å². The van der Waals surface area contributed by atoms with Crippen LogP contribution < -0.4 is 10.1 Å². The van der Waals surface area contributed by atoms with Crippen molar-refractivity contribution >= 4 is 15.9 Å². The van der Waals surface area contributed by atoms with Gasteiger partial charge in [0.1, 0.15) is 5.75 Å². The first-order valence-corrected chi connectivity index (χ1v) is 8.63. The zero-order valence-corrected chi connectivity index (χ0v) is 14.2. The quantitative estimate of drug-likeness (QED) is 0.758. The average Bonchev–Trinajstić information content (AvgIpc) is 2.68. The van der Waals surface area contributed by atoms with Crippen LogP contribution in [0.4, 0.5) is 0 Å². The Hall–Kier alpha value is -0.540. The van der Waals surface area contributed by atoms with Crippen molar-refractivity contribution in [3.05, 3.63) is 28.2 Å². The van der Waals surface area contributed by atoms with Crippen molar-refractivity contribution in [2.45, 2.75) is 71.1 Å². The van der Waals surface area contributed by atoms with Crippen LogP contribution in [0, 0.1) is 0 Å². The largest absolute Gasteiger partial charge is 0.489 e. The Bertz CT molecular complexity index is 411. The Kier molecular flexibility index (Phi) is 6.37. The Labute approximate surface area is 131 Å². The molecule has 1 saturated carbocycles. The molecule has 0 heterocycles. The van der Waals surface area contributed by atoms with Crippen LogP contribution in [0.15, 0.2) is 22.7 Å². The summed E-state index contributed by atoms with van der Waals surface area (Å²) in [6.07, 6.45) is 8.12. The summed E-state index contributed by atoms with van der Waals surface area (Å²) in [4.78, 5) is 0. The maximum atomic E-state index is 6.18. The molecule has 3 heteroatoms. The molecular formula is C17H26BrNO. The lowest BCUT2D eigenvalue weighted by Crippen LogP contribution is -2.21. The second kappa shape index (κ2) is 8.04. The molecule has 1 N–H and O–H groups in total. The van der Waals surface area contributed by atoms with Crippen molar-refractivity contribution in [3.63, 3.8) is 0 Å². The molecular weight excluding hydrogens is 314 g/mol. The normalized spacial score (nSPS) is 17.2. The third kappa shape index (κ3) is 5.10. The highest BCUT2D eigenvalue weighted by molar-refractivity contribution is 9.10. The van der Waals surface area contributed by atoms with Crippen molar-refractivity contribution < 1.29 is 4.74 Å². The molecule has 0 aromatic heterocycles. The molecule has 0 amide bonds. The van der Waals surface area contributed by atoms with Gasteiger partial charge in [0.25, 0.3) is 0 Å². The standard InChI is InChI=1S/C17H26BrNO/c1-13(2)19-12-14-9-10-17(16(18)11-14)20-15-7-5-3-4-6-8-15/h9-11,13,15,19H,3-8,12H2,1-2H3. The number of rotatable bonds is 5. The van der Waals surface area contributed by atoms with E-state index in [4.69, 9.17) is 4.74 Å². The van der Waals surface area contributed by atoms with E-state index < -0.39 is 0 Å². The van der Waals surface area contributed by atoms with Crippen LogP contribution in [0.1, 0.15) is 57.9 Å². The van der Waals surface area contributed by atoms with Crippen molar-refractivity contribution in [2.24, 2.45) is 0 Å². The highest BCUT2D eigenvalue weighted by atomic mass is 79.9. The first-order chi connectivity index (χ1) is 9.65. The first-order valence-electron chi connectivity index (χ1n) is 7.83. The SMILES string of the molecule is CC(C)NCc1ccc(OC2CCCCCC2)c(Br)c1. The molecule has 112 valence electrons. The van der Waals surface area contributed by atoms with E-state index in [9.17, 15) is 0 Å². The van der Waals surface area contributed by atoms with Gasteiger partial charge in [-0.25, -0.2) is 0 Å². The Morgan fingerprint density at radius 2 is 1.90 bits per heavy atom. The number of halogens is 1. The predicted molar refractivity (Wildman–Crippen MR) is 88.2 cm³/mol. The van der Waals surface area contributed by atoms with Crippen LogP contribution >= 0.6 is 15.9 Å². The van der Waals surface area contributed by atoms with Crippen molar-refractivity contribution in [3.8, 4) is 5.75 Å². The lowest BCUT2D eigenvalue weighted by atomic mass is 10.1. The van der Waals surface area contributed by atoms with Gasteiger partial charge in [-0.15, -0.1) is 0 Å². The summed E-state index contributed by atoms with van der Waals surface area (Å²) in [5.74, 6) is 0.991. The molecule has 2 rings (SSSR count). The second-order valence-electron chi connectivity index (χ2n) is 6.03. The lowest BCUT2D eigenvalue weighted by Gasteiger charge is -2.18. The molecule has 0 bridgehead atoms. The molecule has 0 spiro atoms. The van der Waals surface area contributed by atoms with Crippen LogP contribution in [-0.4, -0.2) is 12.1 Å². The molecule has 0 radical (unpaired) electrons. The molecule has 0 atom stereocenters. The van der Waals surface area contributed by atoms with Crippen molar-refractivity contribution in [1.82, 2.24) is 5.32 Å². The Balaban J connectivity index is 1.94. The average molecular weight is 340 g/mol. The van der Waals surface area contributed by atoms with Crippen LogP contribution in [0.25, 0.3) is 0 Å². The predicted octanol–water partition coefficient (Wildman–Crippen LogP) is 5.05. The molecule has 1 aromatic rings. The second-order valence-corrected chi connectivity index (χ2v) is 6.89. The van der Waals surface area contributed by atoms with Gasteiger partial charge >= 0.3 is 0 Å². The number of hydrogen-bond acceptors (Lipinski definition) is 2. The van der Waals surface area contributed by atoms with Gasteiger partial charge in [0.15, 0.2) is 0 Å². The van der Waals surface area contributed by atoms with Gasteiger partial charge in [-0.2, -0.15) is 0 Å². The summed E-state index contributed by atoms with van der Waals surface area (Å²) in [7, 11) is 0. The van der Waals surface area contributed by atoms with Crippen LogP contribution in [-0.2, 0) is 6.54 Å². The minimum atomic E-state index is 0.397. The fourth-order valence-electron chi connectivity index (χ4n) is 2.61. The topological polar surface area (TPSA) is 21.3 Å². The minimum absolute atomic E-state index is 0.397. The summed E-state index contributed by atoms with van der Waals surface area (Å²) in [5.41, 5.74) is 1.29. The monoisotopic (exact) mass is 339 g/mol. The summed E-state index contributed by atoms with van der Waals surface area (Å²) in [5, 5.41) is 3.44. The molecule has 20 heavy (non-hydrogen) atoms. The summed E-state index contributed by atoms with van der Waals surface area (Å²) in [6.45, 7) is 5.23. The summed E-state index contributed by atoms with van der Waals surface area (Å²) >= 11 is 3.65. The maximum absolute atomic E-state index is 6.18. The van der Waals surface area contributed by atoms with Gasteiger partial charge in [-0.05, 0) is 59.3 Å². The van der Waals surface area contributed by atoms with Crippen LogP contribution in [0.5, 0.6) is 5.75 Å². The molecule has 1 aliphatic carbocycles. The van der Waals surface area contributed by atoms with Gasteiger partial charge in [-0.1, -0.05) is 32.8 Å². The van der Waals surface area contributed by atoms with Crippen molar-refractivity contribution in [1.29, 1.82) is 0 Å². The van der Waals surface area contributed by atoms with E-state index in [1.54, 1.807) is 0 Å². The zero-order chi connectivity index (χ0) is 14.4. The molecule has 1 fully saturated rings. The Morgan fingerprint density at radius 1 is 1.20 bits per heavy atom. The van der Waals surface area contributed by atoms with Gasteiger partial charge in [0.2, 0.25) is 0 Å². The number of benzene rings is 1. The molecule has 1 aromatic carbocycles. The summed E-state index contributed by atoms with van der Waals surface area (Å²) < 4.78 is 7.25. The minimum Gasteiger partial charge on any atom is -0.489 e. The van der Waals surface area contributed by atoms with E-state index in [1.165, 1.54) is 44.1 Å². The summed E-state index contributed by atoms with van der Waals surface area (Å²) in [6, 6.07) is 6.94. The van der Waals surface area contributed by atoms with Crippen molar-refractivity contribution in [2.75, 3.05) is 0 Å². The van der Waals surface area contributed by atoms with Gasteiger partial charge in [-0.3, -0.25) is 0 Å². The van der Waals surface area contributed by atoms with Crippen LogP contribution in [0.3, 0.4) is 0 Å². The van der Waals surface area contributed by atoms with E-state index in [0.717, 1.165) is 16.8 Å². The van der Waals surface area contributed by atoms with Gasteiger partial charge in [0.05, 0.1) is 10.6 Å². The van der Waals surface area contributed by atoms with E-state index in [-0.39, 0.29) is 0 Å².